The largest absolute Gasteiger partial charge is 0.300 e. The van der Waals surface area contributed by atoms with Crippen LogP contribution in [-0.4, -0.2) is 20.2 Å². The molecule has 0 spiro atoms. The summed E-state index contributed by atoms with van der Waals surface area (Å²) in [6.45, 7) is 0. The molecule has 4 nitrogen and oxygen atoms in total. The van der Waals surface area contributed by atoms with Crippen LogP contribution in [0.5, 0.6) is 0 Å². The molecule has 0 amide bonds. The van der Waals surface area contributed by atoms with Crippen molar-refractivity contribution in [3.8, 4) is 5.82 Å². The molecule has 0 aliphatic carbocycles. The predicted molar refractivity (Wildman–Crippen MR) is 78.7 cm³/mol. The highest BCUT2D eigenvalue weighted by Gasteiger charge is 2.12. The Balaban J connectivity index is 2.06. The van der Waals surface area contributed by atoms with Crippen LogP contribution in [0.4, 0.5) is 0 Å². The summed E-state index contributed by atoms with van der Waals surface area (Å²) in [7, 11) is 0. The van der Waals surface area contributed by atoms with Crippen molar-refractivity contribution in [1.29, 1.82) is 5.41 Å². The Morgan fingerprint density at radius 3 is 2.60 bits per heavy atom. The van der Waals surface area contributed by atoms with Gasteiger partial charge in [0.25, 0.3) is 0 Å². The van der Waals surface area contributed by atoms with E-state index >= 15 is 0 Å². The second-order valence-corrected chi connectivity index (χ2v) is 4.66. The number of halogens is 1. The smallest absolute Gasteiger partial charge is 0.147 e. The number of imidazole rings is 1. The molecule has 3 aromatic rings. The second-order valence-electron chi connectivity index (χ2n) is 4.23. The SMILES string of the molecule is N=C(c1ccc(Cl)cc1)c1cccnc1-n1ccnc1. The number of hydrogen-bond acceptors (Lipinski definition) is 3. The fourth-order valence-electron chi connectivity index (χ4n) is 1.95. The first-order chi connectivity index (χ1) is 9.75. The fourth-order valence-corrected chi connectivity index (χ4v) is 2.08. The lowest BCUT2D eigenvalue weighted by Gasteiger charge is -2.10. The van der Waals surface area contributed by atoms with Crippen LogP contribution in [0.25, 0.3) is 5.82 Å². The maximum absolute atomic E-state index is 8.37. The molecule has 98 valence electrons. The third-order valence-corrected chi connectivity index (χ3v) is 3.19. The van der Waals surface area contributed by atoms with E-state index in [9.17, 15) is 0 Å². The topological polar surface area (TPSA) is 54.6 Å². The molecule has 0 fully saturated rings. The van der Waals surface area contributed by atoms with E-state index < -0.39 is 0 Å². The molecule has 0 radical (unpaired) electrons. The van der Waals surface area contributed by atoms with Gasteiger partial charge in [-0.25, -0.2) is 9.97 Å². The number of hydrogen-bond donors (Lipinski definition) is 1. The Kier molecular flexibility index (Phi) is 3.31. The fraction of sp³-hybridized carbons (Fsp3) is 0. The van der Waals surface area contributed by atoms with Crippen molar-refractivity contribution in [2.45, 2.75) is 0 Å². The number of pyridine rings is 1. The summed E-state index contributed by atoms with van der Waals surface area (Å²) in [5, 5.41) is 9.02. The van der Waals surface area contributed by atoms with E-state index in [4.69, 9.17) is 17.0 Å². The summed E-state index contributed by atoms with van der Waals surface area (Å²) in [5.41, 5.74) is 1.94. The minimum Gasteiger partial charge on any atom is -0.300 e. The minimum atomic E-state index is 0.401. The standard InChI is InChI=1S/C15H11ClN4/c16-12-5-3-11(4-6-12)14(17)13-2-1-7-19-15(13)20-9-8-18-10-20/h1-10,17H. The lowest BCUT2D eigenvalue weighted by Crippen LogP contribution is -2.08. The van der Waals surface area contributed by atoms with Crippen molar-refractivity contribution in [1.82, 2.24) is 14.5 Å². The molecule has 20 heavy (non-hydrogen) atoms. The van der Waals surface area contributed by atoms with E-state index in [1.165, 1.54) is 0 Å². The second kappa shape index (κ2) is 5.27. The first-order valence-electron chi connectivity index (χ1n) is 6.04. The maximum Gasteiger partial charge on any atom is 0.147 e. The molecule has 1 aromatic carbocycles. The Morgan fingerprint density at radius 2 is 1.90 bits per heavy atom. The number of nitrogens with zero attached hydrogens (tertiary/aromatic N) is 3. The van der Waals surface area contributed by atoms with Crippen LogP contribution < -0.4 is 0 Å². The van der Waals surface area contributed by atoms with Crippen LogP contribution in [0.2, 0.25) is 5.02 Å². The molecular weight excluding hydrogens is 272 g/mol. The van der Waals surface area contributed by atoms with Crippen molar-refractivity contribution in [3.05, 3.63) is 77.5 Å². The first kappa shape index (κ1) is 12.6. The monoisotopic (exact) mass is 282 g/mol. The molecule has 2 aromatic heterocycles. The van der Waals surface area contributed by atoms with Gasteiger partial charge in [-0.1, -0.05) is 23.7 Å². The zero-order valence-electron chi connectivity index (χ0n) is 10.5. The van der Waals surface area contributed by atoms with Gasteiger partial charge < -0.3 is 0 Å². The highest BCUT2D eigenvalue weighted by molar-refractivity contribution is 6.30. The molecule has 2 heterocycles. The van der Waals surface area contributed by atoms with Gasteiger partial charge in [0.15, 0.2) is 0 Å². The lowest BCUT2D eigenvalue weighted by atomic mass is 10.0. The van der Waals surface area contributed by atoms with Crippen molar-refractivity contribution < 1.29 is 0 Å². The number of rotatable bonds is 3. The first-order valence-corrected chi connectivity index (χ1v) is 6.42. The van der Waals surface area contributed by atoms with Crippen molar-refractivity contribution in [2.24, 2.45) is 0 Å². The third-order valence-electron chi connectivity index (χ3n) is 2.94. The average Bonchev–Trinajstić information content (AvgIpc) is 3.01. The maximum atomic E-state index is 8.37. The molecule has 0 aliphatic rings. The lowest BCUT2D eigenvalue weighted by molar-refractivity contribution is 0.988. The van der Waals surface area contributed by atoms with Gasteiger partial charge in [0.1, 0.15) is 12.1 Å². The molecule has 3 rings (SSSR count). The van der Waals surface area contributed by atoms with Gasteiger partial charge >= 0.3 is 0 Å². The van der Waals surface area contributed by atoms with E-state index in [1.807, 2.05) is 24.3 Å². The molecule has 0 aliphatic heterocycles. The summed E-state index contributed by atoms with van der Waals surface area (Å²) >= 11 is 5.88. The Hall–Kier alpha value is -2.46. The van der Waals surface area contributed by atoms with Crippen LogP contribution >= 0.6 is 11.6 Å². The van der Waals surface area contributed by atoms with E-state index in [0.717, 1.165) is 11.1 Å². The van der Waals surface area contributed by atoms with Crippen LogP contribution in [0.15, 0.2) is 61.3 Å². The predicted octanol–water partition coefficient (Wildman–Crippen LogP) is 3.34. The van der Waals surface area contributed by atoms with Gasteiger partial charge in [0.2, 0.25) is 0 Å². The van der Waals surface area contributed by atoms with Crippen molar-refractivity contribution in [3.63, 3.8) is 0 Å². The molecular formula is C15H11ClN4. The highest BCUT2D eigenvalue weighted by Crippen LogP contribution is 2.17. The van der Waals surface area contributed by atoms with Crippen molar-refractivity contribution >= 4 is 17.3 Å². The Morgan fingerprint density at radius 1 is 1.10 bits per heavy atom. The number of benzene rings is 1. The summed E-state index contributed by atoms with van der Waals surface area (Å²) in [4.78, 5) is 8.36. The average molecular weight is 283 g/mol. The Labute approximate surface area is 121 Å². The summed E-state index contributed by atoms with van der Waals surface area (Å²) in [5.74, 6) is 0.685. The Bertz CT molecular complexity index is 733. The minimum absolute atomic E-state index is 0.401. The van der Waals surface area contributed by atoms with Gasteiger partial charge in [0.05, 0.1) is 5.71 Å². The van der Waals surface area contributed by atoms with Gasteiger partial charge in [-0.3, -0.25) is 9.98 Å². The normalized spacial score (nSPS) is 10.4. The molecule has 0 bridgehead atoms. The van der Waals surface area contributed by atoms with Crippen LogP contribution in [-0.2, 0) is 0 Å². The quantitative estimate of drug-likeness (QED) is 0.749. The van der Waals surface area contributed by atoms with Crippen LogP contribution in [0.1, 0.15) is 11.1 Å². The summed E-state index contributed by atoms with van der Waals surface area (Å²) < 4.78 is 1.79. The van der Waals surface area contributed by atoms with Gasteiger partial charge in [0, 0.05) is 34.7 Å². The van der Waals surface area contributed by atoms with Gasteiger partial charge in [-0.2, -0.15) is 0 Å². The molecule has 1 N–H and O–H groups in total. The van der Waals surface area contributed by atoms with E-state index in [-0.39, 0.29) is 0 Å². The summed E-state index contributed by atoms with van der Waals surface area (Å²) in [6.07, 6.45) is 6.86. The van der Waals surface area contributed by atoms with E-state index in [1.54, 1.807) is 41.6 Å². The number of aromatic nitrogens is 3. The molecule has 5 heteroatoms. The van der Waals surface area contributed by atoms with Gasteiger partial charge in [-0.15, -0.1) is 0 Å². The van der Waals surface area contributed by atoms with Crippen LogP contribution in [0.3, 0.4) is 0 Å². The van der Waals surface area contributed by atoms with Crippen LogP contribution in [0, 0.1) is 5.41 Å². The number of nitrogens with one attached hydrogen (secondary N) is 1. The zero-order chi connectivity index (χ0) is 13.9. The highest BCUT2D eigenvalue weighted by atomic mass is 35.5. The zero-order valence-corrected chi connectivity index (χ0v) is 11.2. The van der Waals surface area contributed by atoms with Crippen molar-refractivity contribution in [2.75, 3.05) is 0 Å². The van der Waals surface area contributed by atoms with E-state index in [0.29, 0.717) is 16.6 Å². The molecule has 0 unspecified atom stereocenters. The summed E-state index contributed by atoms with van der Waals surface area (Å²) in [6, 6.07) is 10.9. The molecule has 0 atom stereocenters. The third kappa shape index (κ3) is 2.33. The van der Waals surface area contributed by atoms with Gasteiger partial charge in [-0.05, 0) is 24.3 Å². The molecule has 0 saturated carbocycles. The van der Waals surface area contributed by atoms with E-state index in [2.05, 4.69) is 9.97 Å². The molecule has 0 saturated heterocycles.